The molecule has 0 unspecified atom stereocenters. The second kappa shape index (κ2) is 5.33. The van der Waals surface area contributed by atoms with Crippen molar-refractivity contribution in [1.82, 2.24) is 4.98 Å². The molecule has 0 saturated heterocycles. The van der Waals surface area contributed by atoms with Crippen LogP contribution < -0.4 is 4.74 Å². The van der Waals surface area contributed by atoms with Crippen molar-refractivity contribution in [3.05, 3.63) is 46.9 Å². The quantitative estimate of drug-likeness (QED) is 0.929. The minimum atomic E-state index is -0.493. The number of hydrogen-bond donors (Lipinski definition) is 1. The summed E-state index contributed by atoms with van der Waals surface area (Å²) in [5, 5.41) is 9.50. The Morgan fingerprint density at radius 3 is 2.78 bits per heavy atom. The van der Waals surface area contributed by atoms with Crippen molar-refractivity contribution in [2.45, 2.75) is 6.61 Å². The first-order chi connectivity index (χ1) is 8.65. The van der Waals surface area contributed by atoms with Crippen LogP contribution in [0.1, 0.15) is 5.56 Å². The fourth-order valence-corrected chi connectivity index (χ4v) is 1.83. The highest BCUT2D eigenvalue weighted by Crippen LogP contribution is 2.32. The number of aliphatic hydroxyl groups is 1. The number of halogens is 2. The first-order valence-electron chi connectivity index (χ1n) is 5.25. The second-order valence-electron chi connectivity index (χ2n) is 3.68. The van der Waals surface area contributed by atoms with Crippen LogP contribution in [0, 0.1) is 5.82 Å². The molecule has 0 fully saturated rings. The van der Waals surface area contributed by atoms with Crippen molar-refractivity contribution in [2.75, 3.05) is 7.11 Å². The van der Waals surface area contributed by atoms with E-state index in [1.807, 2.05) is 0 Å². The van der Waals surface area contributed by atoms with Crippen LogP contribution in [-0.4, -0.2) is 17.2 Å². The molecule has 1 heterocycles. The Morgan fingerprint density at radius 1 is 1.33 bits per heavy atom. The molecule has 0 bridgehead atoms. The zero-order valence-corrected chi connectivity index (χ0v) is 10.4. The van der Waals surface area contributed by atoms with E-state index in [0.717, 1.165) is 6.20 Å². The van der Waals surface area contributed by atoms with E-state index in [1.165, 1.54) is 13.2 Å². The zero-order valence-electron chi connectivity index (χ0n) is 9.65. The molecular weight excluding hydrogens is 257 g/mol. The molecule has 3 nitrogen and oxygen atoms in total. The highest BCUT2D eigenvalue weighted by Gasteiger charge is 2.12. The summed E-state index contributed by atoms with van der Waals surface area (Å²) in [5.74, 6) is -0.190. The third kappa shape index (κ3) is 2.44. The van der Waals surface area contributed by atoms with Gasteiger partial charge in [-0.15, -0.1) is 0 Å². The minimum absolute atomic E-state index is 0.131. The number of aromatic nitrogens is 1. The van der Waals surface area contributed by atoms with Crippen LogP contribution in [0.4, 0.5) is 4.39 Å². The molecule has 1 aromatic carbocycles. The van der Waals surface area contributed by atoms with Gasteiger partial charge in [0.2, 0.25) is 5.88 Å². The number of ether oxygens (including phenoxy) is 1. The van der Waals surface area contributed by atoms with Crippen LogP contribution in [-0.2, 0) is 6.61 Å². The van der Waals surface area contributed by atoms with E-state index in [-0.39, 0.29) is 6.61 Å². The van der Waals surface area contributed by atoms with Gasteiger partial charge in [-0.2, -0.15) is 0 Å². The lowest BCUT2D eigenvalue weighted by Gasteiger charge is -2.09. The number of nitrogens with zero attached hydrogens (tertiary/aromatic N) is 1. The van der Waals surface area contributed by atoms with Gasteiger partial charge in [0.1, 0.15) is 5.82 Å². The average molecular weight is 268 g/mol. The molecule has 0 aliphatic rings. The second-order valence-corrected chi connectivity index (χ2v) is 4.09. The number of pyridine rings is 1. The summed E-state index contributed by atoms with van der Waals surface area (Å²) >= 11 is 6.05. The Balaban J connectivity index is 2.60. The Kier molecular flexibility index (Phi) is 3.79. The maximum atomic E-state index is 13.8. The van der Waals surface area contributed by atoms with Gasteiger partial charge < -0.3 is 9.84 Å². The SMILES string of the molecule is COc1cc(-c2cc(CO)ccc2Cl)c(F)cn1. The van der Waals surface area contributed by atoms with E-state index in [0.29, 0.717) is 27.6 Å². The number of hydrogen-bond acceptors (Lipinski definition) is 3. The summed E-state index contributed by atoms with van der Waals surface area (Å²) in [6.45, 7) is -0.131. The number of methoxy groups -OCH3 is 1. The van der Waals surface area contributed by atoms with Crippen molar-refractivity contribution in [2.24, 2.45) is 0 Å². The molecule has 2 aromatic rings. The molecule has 1 aromatic heterocycles. The Bertz CT molecular complexity index is 523. The smallest absolute Gasteiger partial charge is 0.213 e. The Morgan fingerprint density at radius 2 is 2.11 bits per heavy atom. The van der Waals surface area contributed by atoms with E-state index in [4.69, 9.17) is 21.4 Å². The van der Waals surface area contributed by atoms with E-state index in [1.54, 1.807) is 18.2 Å². The maximum Gasteiger partial charge on any atom is 0.213 e. The van der Waals surface area contributed by atoms with Crippen LogP contribution in [0.25, 0.3) is 11.1 Å². The van der Waals surface area contributed by atoms with Gasteiger partial charge in [-0.05, 0) is 17.7 Å². The van der Waals surface area contributed by atoms with Gasteiger partial charge in [0.25, 0.3) is 0 Å². The lowest BCUT2D eigenvalue weighted by atomic mass is 10.0. The van der Waals surface area contributed by atoms with Crippen molar-refractivity contribution in [3.63, 3.8) is 0 Å². The molecule has 2 rings (SSSR count). The molecule has 0 saturated carbocycles. The summed E-state index contributed by atoms with van der Waals surface area (Å²) in [6.07, 6.45) is 1.08. The van der Waals surface area contributed by atoms with Crippen LogP contribution >= 0.6 is 11.6 Å². The molecule has 0 aliphatic heterocycles. The Hall–Kier alpha value is -1.65. The van der Waals surface area contributed by atoms with Gasteiger partial charge in [0.15, 0.2) is 0 Å². The topological polar surface area (TPSA) is 42.4 Å². The van der Waals surface area contributed by atoms with Crippen LogP contribution in [0.2, 0.25) is 5.02 Å². The fourth-order valence-electron chi connectivity index (χ4n) is 1.61. The van der Waals surface area contributed by atoms with Gasteiger partial charge in [0, 0.05) is 22.2 Å². The zero-order chi connectivity index (χ0) is 13.1. The highest BCUT2D eigenvalue weighted by molar-refractivity contribution is 6.33. The predicted molar refractivity (Wildman–Crippen MR) is 67.1 cm³/mol. The van der Waals surface area contributed by atoms with E-state index < -0.39 is 5.82 Å². The normalized spacial score (nSPS) is 10.4. The molecule has 0 radical (unpaired) electrons. The van der Waals surface area contributed by atoms with Gasteiger partial charge in [-0.25, -0.2) is 9.37 Å². The monoisotopic (exact) mass is 267 g/mol. The third-order valence-electron chi connectivity index (χ3n) is 2.54. The maximum absolute atomic E-state index is 13.8. The lowest BCUT2D eigenvalue weighted by Crippen LogP contribution is -1.93. The first kappa shape index (κ1) is 12.8. The summed E-state index contributed by atoms with van der Waals surface area (Å²) in [6, 6.07) is 6.41. The summed E-state index contributed by atoms with van der Waals surface area (Å²) in [4.78, 5) is 3.77. The molecule has 5 heteroatoms. The van der Waals surface area contributed by atoms with Crippen molar-refractivity contribution >= 4 is 11.6 Å². The molecule has 1 N–H and O–H groups in total. The molecule has 0 aliphatic carbocycles. The van der Waals surface area contributed by atoms with Crippen molar-refractivity contribution in [1.29, 1.82) is 0 Å². The minimum Gasteiger partial charge on any atom is -0.481 e. The predicted octanol–water partition coefficient (Wildman–Crippen LogP) is 3.04. The Labute approximate surface area is 109 Å². The summed E-state index contributed by atoms with van der Waals surface area (Å²) in [5.41, 5.74) is 1.45. The van der Waals surface area contributed by atoms with E-state index >= 15 is 0 Å². The standard InChI is InChI=1S/C13H11ClFNO2/c1-18-13-5-10(12(15)6-16-13)9-4-8(7-17)2-3-11(9)14/h2-6,17H,7H2,1H3. The summed E-state index contributed by atoms with van der Waals surface area (Å²) in [7, 11) is 1.45. The fraction of sp³-hybridized carbons (Fsp3) is 0.154. The van der Waals surface area contributed by atoms with Gasteiger partial charge in [-0.1, -0.05) is 17.7 Å². The van der Waals surface area contributed by atoms with Crippen LogP contribution in [0.5, 0.6) is 5.88 Å². The molecule has 0 atom stereocenters. The molecule has 0 amide bonds. The summed E-state index contributed by atoms with van der Waals surface area (Å²) < 4.78 is 18.7. The van der Waals surface area contributed by atoms with Gasteiger partial charge >= 0.3 is 0 Å². The number of rotatable bonds is 3. The molecule has 18 heavy (non-hydrogen) atoms. The number of aliphatic hydroxyl groups excluding tert-OH is 1. The van der Waals surface area contributed by atoms with E-state index in [2.05, 4.69) is 4.98 Å². The number of benzene rings is 1. The molecule has 0 spiro atoms. The van der Waals surface area contributed by atoms with Crippen LogP contribution in [0.3, 0.4) is 0 Å². The third-order valence-corrected chi connectivity index (χ3v) is 2.87. The molecule has 94 valence electrons. The average Bonchev–Trinajstić information content (AvgIpc) is 2.40. The largest absolute Gasteiger partial charge is 0.481 e. The van der Waals surface area contributed by atoms with Gasteiger partial charge in [-0.3, -0.25) is 0 Å². The van der Waals surface area contributed by atoms with Gasteiger partial charge in [0.05, 0.1) is 19.9 Å². The molecular formula is C13H11ClFNO2. The van der Waals surface area contributed by atoms with Crippen LogP contribution in [0.15, 0.2) is 30.5 Å². The van der Waals surface area contributed by atoms with Crippen molar-refractivity contribution < 1.29 is 14.2 Å². The van der Waals surface area contributed by atoms with Crippen molar-refractivity contribution in [3.8, 4) is 17.0 Å². The highest BCUT2D eigenvalue weighted by atomic mass is 35.5. The van der Waals surface area contributed by atoms with E-state index in [9.17, 15) is 4.39 Å². The lowest BCUT2D eigenvalue weighted by molar-refractivity contribution is 0.282. The first-order valence-corrected chi connectivity index (χ1v) is 5.62.